The zero-order valence-electron chi connectivity index (χ0n) is 12.8. The second-order valence-corrected chi connectivity index (χ2v) is 5.45. The molecule has 2 N–H and O–H groups in total. The Labute approximate surface area is 127 Å². The van der Waals surface area contributed by atoms with Crippen molar-refractivity contribution in [2.75, 3.05) is 6.54 Å². The lowest BCUT2D eigenvalue weighted by Gasteiger charge is -2.28. The predicted molar refractivity (Wildman–Crippen MR) is 88.0 cm³/mol. The molecule has 2 aromatic rings. The summed E-state index contributed by atoms with van der Waals surface area (Å²) in [7, 11) is 0. The lowest BCUT2D eigenvalue weighted by atomic mass is 10.00. The standard InChI is InChI=1S/C19H25NO/c1-2-19(21,18-14-7-4-8-15-18)20-16-10-9-13-17-11-5-3-6-12-17/h3-8,11-12,14-15,20-21H,2,9-10,13,16H2,1H3. The first kappa shape index (κ1) is 15.7. The van der Waals surface area contributed by atoms with Crippen LogP contribution in [0.15, 0.2) is 60.7 Å². The maximum Gasteiger partial charge on any atom is 0.141 e. The van der Waals surface area contributed by atoms with Gasteiger partial charge in [-0.15, -0.1) is 0 Å². The van der Waals surface area contributed by atoms with Crippen molar-refractivity contribution in [2.24, 2.45) is 0 Å². The van der Waals surface area contributed by atoms with Crippen LogP contribution in [0.4, 0.5) is 0 Å². The van der Waals surface area contributed by atoms with E-state index in [2.05, 4.69) is 29.6 Å². The Morgan fingerprint density at radius 1 is 0.905 bits per heavy atom. The van der Waals surface area contributed by atoms with E-state index in [1.54, 1.807) is 0 Å². The fraction of sp³-hybridized carbons (Fsp3) is 0.368. The van der Waals surface area contributed by atoms with Crippen LogP contribution < -0.4 is 5.32 Å². The van der Waals surface area contributed by atoms with Crippen molar-refractivity contribution in [2.45, 2.75) is 38.3 Å². The Hall–Kier alpha value is -1.64. The summed E-state index contributed by atoms with van der Waals surface area (Å²) in [5.41, 5.74) is 1.41. The second kappa shape index (κ2) is 7.96. The molecule has 112 valence electrons. The van der Waals surface area contributed by atoms with Gasteiger partial charge in [-0.25, -0.2) is 0 Å². The third-order valence-corrected chi connectivity index (χ3v) is 3.92. The molecule has 0 heterocycles. The van der Waals surface area contributed by atoms with Gasteiger partial charge in [0.05, 0.1) is 0 Å². The number of nitrogens with one attached hydrogen (secondary N) is 1. The molecule has 0 aliphatic carbocycles. The average molecular weight is 283 g/mol. The average Bonchev–Trinajstić information content (AvgIpc) is 2.56. The molecule has 0 spiro atoms. The van der Waals surface area contributed by atoms with E-state index in [1.165, 1.54) is 5.56 Å². The minimum atomic E-state index is -0.909. The number of hydrogen-bond donors (Lipinski definition) is 2. The van der Waals surface area contributed by atoms with Gasteiger partial charge in [-0.3, -0.25) is 5.32 Å². The van der Waals surface area contributed by atoms with Gasteiger partial charge in [0.1, 0.15) is 5.72 Å². The molecule has 0 bridgehead atoms. The van der Waals surface area contributed by atoms with Crippen molar-refractivity contribution < 1.29 is 5.11 Å². The third-order valence-electron chi connectivity index (χ3n) is 3.92. The summed E-state index contributed by atoms with van der Waals surface area (Å²) in [6, 6.07) is 20.4. The van der Waals surface area contributed by atoms with Gasteiger partial charge < -0.3 is 5.11 Å². The molecule has 0 aliphatic heterocycles. The maximum atomic E-state index is 10.7. The third kappa shape index (κ3) is 4.69. The molecule has 1 atom stereocenters. The van der Waals surface area contributed by atoms with Gasteiger partial charge in [0, 0.05) is 0 Å². The van der Waals surface area contributed by atoms with Crippen LogP contribution >= 0.6 is 0 Å². The SMILES string of the molecule is CCC(O)(NCCCCc1ccccc1)c1ccccc1. The molecule has 0 aliphatic rings. The van der Waals surface area contributed by atoms with Crippen LogP contribution in [-0.4, -0.2) is 11.7 Å². The van der Waals surface area contributed by atoms with Crippen LogP contribution in [-0.2, 0) is 12.1 Å². The van der Waals surface area contributed by atoms with Gasteiger partial charge in [-0.1, -0.05) is 67.6 Å². The lowest BCUT2D eigenvalue weighted by molar-refractivity contribution is -0.00369. The monoisotopic (exact) mass is 283 g/mol. The van der Waals surface area contributed by atoms with Crippen molar-refractivity contribution in [3.63, 3.8) is 0 Å². The minimum Gasteiger partial charge on any atom is -0.372 e. The summed E-state index contributed by atoms with van der Waals surface area (Å²) in [4.78, 5) is 0. The van der Waals surface area contributed by atoms with Crippen LogP contribution in [0.25, 0.3) is 0 Å². The highest BCUT2D eigenvalue weighted by molar-refractivity contribution is 5.21. The normalized spacial score (nSPS) is 13.8. The highest BCUT2D eigenvalue weighted by atomic mass is 16.3. The smallest absolute Gasteiger partial charge is 0.141 e. The van der Waals surface area contributed by atoms with E-state index in [0.717, 1.165) is 31.4 Å². The highest BCUT2D eigenvalue weighted by Crippen LogP contribution is 2.21. The summed E-state index contributed by atoms with van der Waals surface area (Å²) in [6.45, 7) is 2.83. The summed E-state index contributed by atoms with van der Waals surface area (Å²) in [5.74, 6) is 0. The Kier molecular flexibility index (Phi) is 5.97. The molecule has 0 saturated carbocycles. The number of aryl methyl sites for hydroxylation is 1. The quantitative estimate of drug-likeness (QED) is 0.569. The van der Waals surface area contributed by atoms with Crippen LogP contribution in [0.5, 0.6) is 0 Å². The van der Waals surface area contributed by atoms with E-state index in [4.69, 9.17) is 0 Å². The Balaban J connectivity index is 1.76. The summed E-state index contributed by atoms with van der Waals surface area (Å²) >= 11 is 0. The molecule has 21 heavy (non-hydrogen) atoms. The Morgan fingerprint density at radius 3 is 2.14 bits per heavy atom. The fourth-order valence-electron chi connectivity index (χ4n) is 2.54. The van der Waals surface area contributed by atoms with E-state index < -0.39 is 5.72 Å². The summed E-state index contributed by atoms with van der Waals surface area (Å²) < 4.78 is 0. The molecular formula is C19H25NO. The molecule has 1 unspecified atom stereocenters. The van der Waals surface area contributed by atoms with Crippen molar-refractivity contribution in [3.8, 4) is 0 Å². The zero-order valence-corrected chi connectivity index (χ0v) is 12.8. The van der Waals surface area contributed by atoms with Gasteiger partial charge in [-0.2, -0.15) is 0 Å². The van der Waals surface area contributed by atoms with Gasteiger partial charge >= 0.3 is 0 Å². The Morgan fingerprint density at radius 2 is 1.52 bits per heavy atom. The zero-order chi connectivity index (χ0) is 15.0. The van der Waals surface area contributed by atoms with Crippen molar-refractivity contribution in [1.29, 1.82) is 0 Å². The summed E-state index contributed by atoms with van der Waals surface area (Å²) in [6.07, 6.45) is 3.95. The number of rotatable bonds is 8. The Bertz CT molecular complexity index is 512. The van der Waals surface area contributed by atoms with Gasteiger partial charge in [0.15, 0.2) is 0 Å². The highest BCUT2D eigenvalue weighted by Gasteiger charge is 2.25. The first-order valence-electron chi connectivity index (χ1n) is 7.81. The number of benzene rings is 2. The van der Waals surface area contributed by atoms with E-state index >= 15 is 0 Å². The second-order valence-electron chi connectivity index (χ2n) is 5.45. The molecule has 0 fully saturated rings. The number of aliphatic hydroxyl groups is 1. The predicted octanol–water partition coefficient (Wildman–Crippen LogP) is 3.85. The van der Waals surface area contributed by atoms with Gasteiger partial charge in [0.2, 0.25) is 0 Å². The van der Waals surface area contributed by atoms with E-state index in [-0.39, 0.29) is 0 Å². The van der Waals surface area contributed by atoms with Gasteiger partial charge in [-0.05, 0) is 43.4 Å². The molecule has 0 radical (unpaired) electrons. The van der Waals surface area contributed by atoms with Gasteiger partial charge in [0.25, 0.3) is 0 Å². The van der Waals surface area contributed by atoms with E-state index in [9.17, 15) is 5.11 Å². The lowest BCUT2D eigenvalue weighted by Crippen LogP contribution is -2.42. The fourth-order valence-corrected chi connectivity index (χ4v) is 2.54. The number of unbranched alkanes of at least 4 members (excludes halogenated alkanes) is 1. The van der Waals surface area contributed by atoms with Crippen molar-refractivity contribution in [1.82, 2.24) is 5.32 Å². The topological polar surface area (TPSA) is 32.3 Å². The van der Waals surface area contributed by atoms with Crippen LogP contribution in [0, 0.1) is 0 Å². The maximum absolute atomic E-state index is 10.7. The minimum absolute atomic E-state index is 0.662. The first-order valence-corrected chi connectivity index (χ1v) is 7.81. The van der Waals surface area contributed by atoms with E-state index in [0.29, 0.717) is 6.42 Å². The molecule has 2 heteroatoms. The van der Waals surface area contributed by atoms with E-state index in [1.807, 2.05) is 43.3 Å². The molecule has 0 aromatic heterocycles. The number of hydrogen-bond acceptors (Lipinski definition) is 2. The summed E-state index contributed by atoms with van der Waals surface area (Å²) in [5, 5.41) is 14.0. The molecular weight excluding hydrogens is 258 g/mol. The molecule has 2 rings (SSSR count). The molecule has 2 nitrogen and oxygen atoms in total. The van der Waals surface area contributed by atoms with Crippen LogP contribution in [0.3, 0.4) is 0 Å². The first-order chi connectivity index (χ1) is 10.2. The van der Waals surface area contributed by atoms with Crippen molar-refractivity contribution >= 4 is 0 Å². The van der Waals surface area contributed by atoms with Crippen molar-refractivity contribution in [3.05, 3.63) is 71.8 Å². The molecule has 0 amide bonds. The van der Waals surface area contributed by atoms with Crippen LogP contribution in [0.2, 0.25) is 0 Å². The molecule has 0 saturated heterocycles. The van der Waals surface area contributed by atoms with Crippen LogP contribution in [0.1, 0.15) is 37.3 Å². The largest absolute Gasteiger partial charge is 0.372 e. The molecule has 2 aromatic carbocycles.